The third-order valence-electron chi connectivity index (χ3n) is 6.33. The fourth-order valence-corrected chi connectivity index (χ4v) is 5.42. The first-order chi connectivity index (χ1) is 17.7. The van der Waals surface area contributed by atoms with Crippen LogP contribution in [0.1, 0.15) is 37.0 Å². The van der Waals surface area contributed by atoms with Gasteiger partial charge in [-0.15, -0.1) is 11.3 Å². The van der Waals surface area contributed by atoms with Gasteiger partial charge in [0.25, 0.3) is 0 Å². The second-order valence-corrected chi connectivity index (χ2v) is 11.1. The number of methoxy groups -OCH3 is 1. The minimum atomic E-state index is -0.634. The van der Waals surface area contributed by atoms with Crippen LogP contribution >= 0.6 is 11.3 Å². The molecule has 10 heteroatoms. The van der Waals surface area contributed by atoms with Crippen molar-refractivity contribution in [1.82, 2.24) is 14.5 Å². The van der Waals surface area contributed by atoms with Crippen molar-refractivity contribution in [2.24, 2.45) is 0 Å². The van der Waals surface area contributed by atoms with Gasteiger partial charge in [0, 0.05) is 25.2 Å². The number of morpholine rings is 1. The van der Waals surface area contributed by atoms with Crippen LogP contribution in [-0.2, 0) is 27.2 Å². The van der Waals surface area contributed by atoms with Crippen molar-refractivity contribution in [2.75, 3.05) is 45.3 Å². The number of fused-ring (bicyclic) bond motifs is 3. The third kappa shape index (κ3) is 5.41. The molecule has 1 aromatic carbocycles. The lowest BCUT2D eigenvalue weighted by Gasteiger charge is -2.26. The number of amides is 1. The third-order valence-corrected chi connectivity index (χ3v) is 7.21. The predicted molar refractivity (Wildman–Crippen MR) is 142 cm³/mol. The molecular formula is C27H32N4O5S. The van der Waals surface area contributed by atoms with Gasteiger partial charge in [0.15, 0.2) is 0 Å². The number of imidazole rings is 1. The van der Waals surface area contributed by atoms with E-state index in [4.69, 9.17) is 19.2 Å². The van der Waals surface area contributed by atoms with Crippen LogP contribution < -0.4 is 10.1 Å². The second kappa shape index (κ2) is 10.3. The van der Waals surface area contributed by atoms with Crippen LogP contribution in [0.15, 0.2) is 29.6 Å². The Hall–Kier alpha value is -3.21. The lowest BCUT2D eigenvalue weighted by Crippen LogP contribution is -2.41. The van der Waals surface area contributed by atoms with Gasteiger partial charge in [0.2, 0.25) is 11.7 Å². The largest absolute Gasteiger partial charge is 0.495 e. The molecule has 0 unspecified atom stereocenters. The summed E-state index contributed by atoms with van der Waals surface area (Å²) in [6.07, 6.45) is 0.691. The van der Waals surface area contributed by atoms with E-state index in [1.807, 2.05) is 55.0 Å². The summed E-state index contributed by atoms with van der Waals surface area (Å²) >= 11 is 1.57. The number of carbonyl (C=O) groups excluding carboxylic acids is 2. The highest BCUT2D eigenvalue weighted by molar-refractivity contribution is 7.13. The molecule has 196 valence electrons. The number of anilines is 1. The van der Waals surface area contributed by atoms with Crippen LogP contribution in [-0.4, -0.2) is 71.9 Å². The number of hydrogen-bond donors (Lipinski definition) is 1. The van der Waals surface area contributed by atoms with Crippen molar-refractivity contribution in [2.45, 2.75) is 39.3 Å². The number of ether oxygens (including phenoxy) is 3. The topological polar surface area (TPSA) is 94.9 Å². The number of benzene rings is 1. The zero-order chi connectivity index (χ0) is 26.2. The fraction of sp³-hybridized carbons (Fsp3) is 0.444. The Morgan fingerprint density at radius 1 is 1.19 bits per heavy atom. The van der Waals surface area contributed by atoms with Crippen LogP contribution in [0.2, 0.25) is 0 Å². The van der Waals surface area contributed by atoms with Crippen LogP contribution in [0.3, 0.4) is 0 Å². The molecule has 0 aliphatic carbocycles. The van der Waals surface area contributed by atoms with E-state index in [1.54, 1.807) is 18.4 Å². The van der Waals surface area contributed by atoms with Gasteiger partial charge in [-0.3, -0.25) is 9.69 Å². The molecule has 0 atom stereocenters. The summed E-state index contributed by atoms with van der Waals surface area (Å²) in [6.45, 7) is 9.12. The van der Waals surface area contributed by atoms with E-state index in [9.17, 15) is 9.59 Å². The molecule has 1 fully saturated rings. The van der Waals surface area contributed by atoms with Crippen molar-refractivity contribution in [3.8, 4) is 27.6 Å². The Labute approximate surface area is 220 Å². The Bertz CT molecular complexity index is 1300. The van der Waals surface area contributed by atoms with Crippen molar-refractivity contribution in [1.29, 1.82) is 0 Å². The number of carbonyl (C=O) groups is 2. The molecule has 1 saturated heterocycles. The second-order valence-electron chi connectivity index (χ2n) is 10.2. The van der Waals surface area contributed by atoms with E-state index in [1.165, 1.54) is 0 Å². The van der Waals surface area contributed by atoms with E-state index in [2.05, 4.69) is 10.2 Å². The first-order valence-electron chi connectivity index (χ1n) is 12.4. The molecule has 1 N–H and O–H groups in total. The van der Waals surface area contributed by atoms with Crippen LogP contribution in [0.25, 0.3) is 21.8 Å². The van der Waals surface area contributed by atoms with Crippen LogP contribution in [0.4, 0.5) is 5.69 Å². The summed E-state index contributed by atoms with van der Waals surface area (Å²) in [5, 5.41) is 5.03. The maximum Gasteiger partial charge on any atom is 0.375 e. The van der Waals surface area contributed by atoms with Gasteiger partial charge in [-0.05, 0) is 56.3 Å². The number of aromatic nitrogens is 2. The molecule has 37 heavy (non-hydrogen) atoms. The van der Waals surface area contributed by atoms with E-state index < -0.39 is 11.6 Å². The number of esters is 1. The SMILES string of the molecule is COc1cc2c(cc1NC(=O)CN1CCOCC1)-c1c(-c3cccs3)nc(C(=O)OC(C)(C)C)n1CC2. The maximum absolute atomic E-state index is 13.1. The summed E-state index contributed by atoms with van der Waals surface area (Å²) in [5.41, 5.74) is 3.52. The molecule has 3 aromatic rings. The summed E-state index contributed by atoms with van der Waals surface area (Å²) < 4.78 is 18.7. The Morgan fingerprint density at radius 2 is 1.97 bits per heavy atom. The number of nitrogens with one attached hydrogen (secondary N) is 1. The first kappa shape index (κ1) is 25.4. The quantitative estimate of drug-likeness (QED) is 0.486. The molecule has 2 aromatic heterocycles. The maximum atomic E-state index is 13.1. The molecule has 0 saturated carbocycles. The summed E-state index contributed by atoms with van der Waals surface area (Å²) in [4.78, 5) is 33.9. The smallest absolute Gasteiger partial charge is 0.375 e. The van der Waals surface area contributed by atoms with E-state index in [0.717, 1.165) is 40.5 Å². The average molecular weight is 525 g/mol. The molecule has 2 aliphatic rings. The predicted octanol–water partition coefficient (Wildman–Crippen LogP) is 4.07. The van der Waals surface area contributed by atoms with Crippen LogP contribution in [0.5, 0.6) is 5.75 Å². The highest BCUT2D eigenvalue weighted by Gasteiger charge is 2.32. The first-order valence-corrected chi connectivity index (χ1v) is 13.3. The minimum absolute atomic E-state index is 0.114. The Morgan fingerprint density at radius 3 is 2.65 bits per heavy atom. The molecule has 0 bridgehead atoms. The van der Waals surface area contributed by atoms with Crippen molar-refractivity contribution >= 4 is 28.9 Å². The van der Waals surface area contributed by atoms with Gasteiger partial charge in [-0.2, -0.15) is 0 Å². The van der Waals surface area contributed by atoms with Gasteiger partial charge in [-0.1, -0.05) is 6.07 Å². The fourth-order valence-electron chi connectivity index (χ4n) is 4.71. The van der Waals surface area contributed by atoms with E-state index in [0.29, 0.717) is 37.6 Å². The van der Waals surface area contributed by atoms with Gasteiger partial charge in [0.1, 0.15) is 17.0 Å². The number of aryl methyl sites for hydroxylation is 1. The van der Waals surface area contributed by atoms with E-state index >= 15 is 0 Å². The van der Waals surface area contributed by atoms with Gasteiger partial charge < -0.3 is 24.1 Å². The normalized spacial score (nSPS) is 15.6. The standard InChI is InChI=1S/C27H32N4O5S/c1-27(2,3)36-26(33)25-29-23(21-6-5-13-37-21)24-18-15-19(20(34-4)14-17(18)7-8-31(24)25)28-22(32)16-30-9-11-35-12-10-30/h5-6,13-15H,7-12,16H2,1-4H3,(H,28,32). The van der Waals surface area contributed by atoms with Gasteiger partial charge in [0.05, 0.1) is 43.1 Å². The van der Waals surface area contributed by atoms with Gasteiger partial charge >= 0.3 is 5.97 Å². The molecule has 1 amide bonds. The van der Waals surface area contributed by atoms with Crippen molar-refractivity contribution in [3.63, 3.8) is 0 Å². The summed E-state index contributed by atoms with van der Waals surface area (Å²) in [5.74, 6) is 0.324. The minimum Gasteiger partial charge on any atom is -0.495 e. The molecule has 4 heterocycles. The Balaban J connectivity index is 1.55. The van der Waals surface area contributed by atoms with E-state index in [-0.39, 0.29) is 18.3 Å². The average Bonchev–Trinajstić information content (AvgIpc) is 3.51. The molecule has 0 radical (unpaired) electrons. The number of nitrogens with zero attached hydrogens (tertiary/aromatic N) is 3. The lowest BCUT2D eigenvalue weighted by molar-refractivity contribution is -0.118. The number of thiophene rings is 1. The Kier molecular flexibility index (Phi) is 7.06. The summed E-state index contributed by atoms with van der Waals surface area (Å²) in [7, 11) is 1.60. The number of rotatable bonds is 6. The highest BCUT2D eigenvalue weighted by atomic mass is 32.1. The monoisotopic (exact) mass is 524 g/mol. The van der Waals surface area contributed by atoms with Gasteiger partial charge in [-0.25, -0.2) is 9.78 Å². The molecule has 5 rings (SSSR count). The zero-order valence-corrected chi connectivity index (χ0v) is 22.4. The molecule has 9 nitrogen and oxygen atoms in total. The van der Waals surface area contributed by atoms with Crippen molar-refractivity contribution < 1.29 is 23.8 Å². The molecule has 2 aliphatic heterocycles. The zero-order valence-electron chi connectivity index (χ0n) is 21.6. The highest BCUT2D eigenvalue weighted by Crippen LogP contribution is 2.43. The van der Waals surface area contributed by atoms with Crippen molar-refractivity contribution in [3.05, 3.63) is 41.0 Å². The molecule has 0 spiro atoms. The molecular weight excluding hydrogens is 492 g/mol. The number of hydrogen-bond acceptors (Lipinski definition) is 8. The lowest BCUT2D eigenvalue weighted by atomic mass is 9.95. The van der Waals surface area contributed by atoms with Crippen LogP contribution in [0, 0.1) is 0 Å². The summed E-state index contributed by atoms with van der Waals surface area (Å²) in [6, 6.07) is 7.87.